The van der Waals surface area contributed by atoms with E-state index in [0.717, 1.165) is 36.1 Å². The number of halogens is 6. The standard InChI is InChI=1S/C16H8Br3Cl3N2/c17-9-5-11(19)10(18)4-8(9)14-6-23-15(24-14)3-7-1-12(20)16(22)13(21)2-7/h1-2,4-6H,3H2,(H,23,24). The van der Waals surface area contributed by atoms with Crippen molar-refractivity contribution in [2.75, 3.05) is 0 Å². The maximum atomic E-state index is 6.08. The molecule has 0 spiro atoms. The summed E-state index contributed by atoms with van der Waals surface area (Å²) in [5.41, 5.74) is 2.86. The van der Waals surface area contributed by atoms with Crippen molar-refractivity contribution in [3.63, 3.8) is 0 Å². The third kappa shape index (κ3) is 4.02. The van der Waals surface area contributed by atoms with E-state index < -0.39 is 0 Å². The summed E-state index contributed by atoms with van der Waals surface area (Å²) >= 11 is 28.7. The number of imidazole rings is 1. The molecule has 3 rings (SSSR count). The molecule has 0 saturated heterocycles. The normalized spacial score (nSPS) is 11.1. The minimum Gasteiger partial charge on any atom is -0.342 e. The monoisotopic (exact) mass is 570 g/mol. The number of benzene rings is 2. The van der Waals surface area contributed by atoms with Gasteiger partial charge in [-0.15, -0.1) is 0 Å². The van der Waals surface area contributed by atoms with Crippen LogP contribution in [0.25, 0.3) is 11.3 Å². The summed E-state index contributed by atoms with van der Waals surface area (Å²) in [5.74, 6) is 0.811. The van der Waals surface area contributed by atoms with Crippen LogP contribution >= 0.6 is 82.6 Å². The molecule has 8 heteroatoms. The van der Waals surface area contributed by atoms with Crippen molar-refractivity contribution in [1.82, 2.24) is 9.97 Å². The van der Waals surface area contributed by atoms with Gasteiger partial charge in [0, 0.05) is 25.4 Å². The molecule has 124 valence electrons. The van der Waals surface area contributed by atoms with Crippen LogP contribution in [-0.2, 0) is 6.42 Å². The van der Waals surface area contributed by atoms with Gasteiger partial charge >= 0.3 is 0 Å². The van der Waals surface area contributed by atoms with Gasteiger partial charge < -0.3 is 4.98 Å². The van der Waals surface area contributed by atoms with Gasteiger partial charge in [0.15, 0.2) is 0 Å². The molecular weight excluding hydrogens is 566 g/mol. The molecule has 0 amide bonds. The Balaban J connectivity index is 1.90. The molecule has 2 nitrogen and oxygen atoms in total. The third-order valence-corrected chi connectivity index (χ3v) is 7.04. The van der Waals surface area contributed by atoms with E-state index in [1.54, 1.807) is 18.3 Å². The Morgan fingerprint density at radius 3 is 2.17 bits per heavy atom. The van der Waals surface area contributed by atoms with Crippen molar-refractivity contribution >= 4 is 82.6 Å². The molecule has 1 aromatic heterocycles. The molecule has 24 heavy (non-hydrogen) atoms. The average Bonchev–Trinajstić information content (AvgIpc) is 2.96. The lowest BCUT2D eigenvalue weighted by Crippen LogP contribution is -1.92. The zero-order chi connectivity index (χ0) is 17.4. The summed E-state index contributed by atoms with van der Waals surface area (Å²) in [5, 5.41) is 1.24. The van der Waals surface area contributed by atoms with Crippen LogP contribution in [0.1, 0.15) is 11.4 Å². The number of nitrogens with zero attached hydrogens (tertiary/aromatic N) is 1. The van der Waals surface area contributed by atoms with Crippen LogP contribution in [0.4, 0.5) is 0 Å². The Morgan fingerprint density at radius 2 is 1.50 bits per heavy atom. The fraction of sp³-hybridized carbons (Fsp3) is 0.0625. The van der Waals surface area contributed by atoms with E-state index in [4.69, 9.17) is 34.8 Å². The highest BCUT2D eigenvalue weighted by atomic mass is 79.9. The number of nitrogens with one attached hydrogen (secondary N) is 1. The Labute approximate surface area is 179 Å². The summed E-state index contributed by atoms with van der Waals surface area (Å²) in [4.78, 5) is 7.76. The van der Waals surface area contributed by atoms with E-state index in [-0.39, 0.29) is 0 Å². The maximum Gasteiger partial charge on any atom is 0.110 e. The van der Waals surface area contributed by atoms with Crippen LogP contribution in [0, 0.1) is 0 Å². The van der Waals surface area contributed by atoms with Gasteiger partial charge in [0.2, 0.25) is 0 Å². The molecule has 0 fully saturated rings. The molecule has 3 aromatic rings. The second kappa shape index (κ2) is 7.68. The van der Waals surface area contributed by atoms with Gasteiger partial charge in [0.25, 0.3) is 0 Å². The van der Waals surface area contributed by atoms with Crippen molar-refractivity contribution < 1.29 is 0 Å². The number of rotatable bonds is 3. The second-order valence-corrected chi connectivity index (χ2v) is 8.80. The number of hydrogen-bond acceptors (Lipinski definition) is 1. The lowest BCUT2D eigenvalue weighted by molar-refractivity contribution is 1.03. The van der Waals surface area contributed by atoms with E-state index in [0.29, 0.717) is 21.5 Å². The predicted octanol–water partition coefficient (Wildman–Crippen LogP) is 7.92. The smallest absolute Gasteiger partial charge is 0.110 e. The van der Waals surface area contributed by atoms with Crippen molar-refractivity contribution in [3.8, 4) is 11.3 Å². The average molecular weight is 574 g/mol. The Morgan fingerprint density at radius 1 is 0.875 bits per heavy atom. The molecule has 0 radical (unpaired) electrons. The predicted molar refractivity (Wildman–Crippen MR) is 111 cm³/mol. The van der Waals surface area contributed by atoms with Gasteiger partial charge in [-0.25, -0.2) is 4.98 Å². The molecule has 2 aromatic carbocycles. The molecule has 0 aliphatic heterocycles. The molecule has 1 N–H and O–H groups in total. The van der Waals surface area contributed by atoms with E-state index in [1.165, 1.54) is 0 Å². The Hall–Kier alpha value is -0.0400. The Bertz CT molecular complexity index is 902. The summed E-state index contributed by atoms with van der Waals surface area (Å²) < 4.78 is 2.90. The van der Waals surface area contributed by atoms with Gasteiger partial charge in [-0.2, -0.15) is 0 Å². The highest BCUT2D eigenvalue weighted by Crippen LogP contribution is 2.35. The molecule has 0 unspecified atom stereocenters. The maximum absolute atomic E-state index is 6.08. The van der Waals surface area contributed by atoms with Gasteiger partial charge in [0.1, 0.15) is 5.82 Å². The second-order valence-electron chi connectivity index (χ2n) is 5.04. The van der Waals surface area contributed by atoms with Crippen molar-refractivity contribution in [1.29, 1.82) is 0 Å². The van der Waals surface area contributed by atoms with Crippen LogP contribution in [0.15, 0.2) is 43.9 Å². The van der Waals surface area contributed by atoms with Crippen LogP contribution in [0.2, 0.25) is 15.1 Å². The van der Waals surface area contributed by atoms with Crippen molar-refractivity contribution in [2.45, 2.75) is 6.42 Å². The number of H-pyrrole nitrogens is 1. The SMILES string of the molecule is Clc1cc(Cc2ncc(-c3cc(Br)c(Br)cc3Br)[nH]2)cc(Cl)c1Cl. The van der Waals surface area contributed by atoms with Gasteiger partial charge in [-0.1, -0.05) is 50.7 Å². The van der Waals surface area contributed by atoms with E-state index in [1.807, 2.05) is 12.1 Å². The first-order chi connectivity index (χ1) is 11.3. The first-order valence-corrected chi connectivity index (χ1v) is 10.2. The zero-order valence-corrected chi connectivity index (χ0v) is 18.8. The van der Waals surface area contributed by atoms with E-state index in [2.05, 4.69) is 57.8 Å². The van der Waals surface area contributed by atoms with Crippen LogP contribution in [0.3, 0.4) is 0 Å². The van der Waals surface area contributed by atoms with Crippen LogP contribution < -0.4 is 0 Å². The number of hydrogen-bond donors (Lipinski definition) is 1. The van der Waals surface area contributed by atoms with E-state index in [9.17, 15) is 0 Å². The minimum absolute atomic E-state index is 0.367. The highest BCUT2D eigenvalue weighted by molar-refractivity contribution is 9.13. The summed E-state index contributed by atoms with van der Waals surface area (Å²) in [7, 11) is 0. The topological polar surface area (TPSA) is 28.7 Å². The molecule has 0 atom stereocenters. The fourth-order valence-corrected chi connectivity index (χ4v) is 4.41. The zero-order valence-electron chi connectivity index (χ0n) is 11.8. The van der Waals surface area contributed by atoms with Crippen LogP contribution in [-0.4, -0.2) is 9.97 Å². The van der Waals surface area contributed by atoms with Gasteiger partial charge in [0.05, 0.1) is 27.0 Å². The van der Waals surface area contributed by atoms with Crippen LogP contribution in [0.5, 0.6) is 0 Å². The minimum atomic E-state index is 0.367. The summed E-state index contributed by atoms with van der Waals surface area (Å²) in [6, 6.07) is 7.59. The Kier molecular flexibility index (Phi) is 6.00. The molecule has 0 bridgehead atoms. The lowest BCUT2D eigenvalue weighted by Gasteiger charge is -2.05. The van der Waals surface area contributed by atoms with Gasteiger partial charge in [-0.3, -0.25) is 0 Å². The number of aromatic amines is 1. The summed E-state index contributed by atoms with van der Waals surface area (Å²) in [6.45, 7) is 0. The molecule has 0 saturated carbocycles. The quantitative estimate of drug-likeness (QED) is 0.250. The van der Waals surface area contributed by atoms with E-state index >= 15 is 0 Å². The largest absolute Gasteiger partial charge is 0.342 e. The van der Waals surface area contributed by atoms with Crippen molar-refractivity contribution in [2.24, 2.45) is 0 Å². The van der Waals surface area contributed by atoms with Crippen molar-refractivity contribution in [3.05, 3.63) is 70.3 Å². The van der Waals surface area contributed by atoms with Gasteiger partial charge in [-0.05, 0) is 61.7 Å². The third-order valence-electron chi connectivity index (χ3n) is 3.34. The molecular formula is C16H8Br3Cl3N2. The lowest BCUT2D eigenvalue weighted by atomic mass is 10.1. The first-order valence-electron chi connectivity index (χ1n) is 6.67. The first kappa shape index (κ1) is 18.7. The number of aromatic nitrogens is 2. The molecule has 0 aliphatic rings. The highest BCUT2D eigenvalue weighted by Gasteiger charge is 2.12. The summed E-state index contributed by atoms with van der Waals surface area (Å²) in [6.07, 6.45) is 2.38. The molecule has 1 heterocycles. The molecule has 0 aliphatic carbocycles. The fourth-order valence-electron chi connectivity index (χ4n) is 2.22.